The summed E-state index contributed by atoms with van der Waals surface area (Å²) in [4.78, 5) is 37.0. The summed E-state index contributed by atoms with van der Waals surface area (Å²) in [6.07, 6.45) is 7.61. The first-order valence-electron chi connectivity index (χ1n) is 12.2. The van der Waals surface area contributed by atoms with E-state index in [0.717, 1.165) is 35.0 Å². The lowest BCUT2D eigenvalue weighted by molar-refractivity contribution is -0.125. The van der Waals surface area contributed by atoms with Crippen LogP contribution in [-0.4, -0.2) is 46.3 Å². The van der Waals surface area contributed by atoms with E-state index in [-0.39, 0.29) is 11.8 Å². The summed E-state index contributed by atoms with van der Waals surface area (Å²) in [7, 11) is 1.61. The van der Waals surface area contributed by atoms with Gasteiger partial charge in [0.1, 0.15) is 6.04 Å². The van der Waals surface area contributed by atoms with Crippen molar-refractivity contribution in [1.82, 2.24) is 20.2 Å². The van der Waals surface area contributed by atoms with E-state index in [2.05, 4.69) is 27.4 Å². The van der Waals surface area contributed by atoms with E-state index in [0.29, 0.717) is 25.1 Å². The highest BCUT2D eigenvalue weighted by Crippen LogP contribution is 2.40. The van der Waals surface area contributed by atoms with Crippen LogP contribution in [0.4, 0.5) is 0 Å². The Hall–Kier alpha value is -4.26. The summed E-state index contributed by atoms with van der Waals surface area (Å²) in [6, 6.07) is 15.6. The van der Waals surface area contributed by atoms with Crippen molar-refractivity contribution < 1.29 is 14.0 Å². The van der Waals surface area contributed by atoms with E-state index in [1.807, 2.05) is 36.4 Å². The molecule has 1 aliphatic heterocycles. The van der Waals surface area contributed by atoms with E-state index in [9.17, 15) is 9.59 Å². The summed E-state index contributed by atoms with van der Waals surface area (Å²) in [5.41, 5.74) is 8.51. The summed E-state index contributed by atoms with van der Waals surface area (Å²) >= 11 is 0. The van der Waals surface area contributed by atoms with E-state index < -0.39 is 6.04 Å². The van der Waals surface area contributed by atoms with Crippen molar-refractivity contribution in [3.05, 3.63) is 101 Å². The van der Waals surface area contributed by atoms with Gasteiger partial charge < -0.3 is 14.6 Å². The van der Waals surface area contributed by atoms with Gasteiger partial charge in [0.25, 0.3) is 5.91 Å². The van der Waals surface area contributed by atoms with E-state index in [4.69, 9.17) is 4.42 Å². The zero-order valence-corrected chi connectivity index (χ0v) is 20.0. The number of hydrogen-bond acceptors (Lipinski definition) is 5. The Bertz CT molecular complexity index is 1520. The summed E-state index contributed by atoms with van der Waals surface area (Å²) < 4.78 is 5.71. The highest BCUT2D eigenvalue weighted by Gasteiger charge is 2.39. The number of hydrogen-bond donors (Lipinski definition) is 1. The Morgan fingerprint density at radius 1 is 1.06 bits per heavy atom. The lowest BCUT2D eigenvalue weighted by Crippen LogP contribution is -2.51. The smallest absolute Gasteiger partial charge is 0.290 e. The lowest BCUT2D eigenvalue weighted by atomic mass is 9.92. The van der Waals surface area contributed by atoms with Crippen molar-refractivity contribution in [1.29, 1.82) is 0 Å². The molecule has 2 aromatic heterocycles. The fourth-order valence-electron chi connectivity index (χ4n) is 5.43. The van der Waals surface area contributed by atoms with Crippen molar-refractivity contribution in [3.8, 4) is 0 Å². The van der Waals surface area contributed by atoms with Gasteiger partial charge in [-0.25, -0.2) is 0 Å². The standard InChI is InChI=1S/C29H26N4O3/c1-30-28(34)26-16-23-21(15-20-4-2-3-5-22(20)23)17-33(26)29(35)27-19(10-13-36-27)8-6-18-7-9-24-25(14-18)32-12-11-31-24/h2-5,7,9-14,26H,6,8,15-17H2,1H3,(H,30,34)/t26-/m1/s1. The predicted molar refractivity (Wildman–Crippen MR) is 136 cm³/mol. The first-order valence-corrected chi connectivity index (χ1v) is 12.2. The van der Waals surface area contributed by atoms with Gasteiger partial charge in [0.15, 0.2) is 5.76 Å². The highest BCUT2D eigenvalue weighted by atomic mass is 16.3. The third-order valence-electron chi connectivity index (χ3n) is 7.28. The molecule has 2 aliphatic rings. The van der Waals surface area contributed by atoms with Gasteiger partial charge in [0.05, 0.1) is 17.3 Å². The second-order valence-corrected chi connectivity index (χ2v) is 9.34. The van der Waals surface area contributed by atoms with Crippen LogP contribution < -0.4 is 5.32 Å². The lowest BCUT2D eigenvalue weighted by Gasteiger charge is -2.35. The number of nitrogens with zero attached hydrogens (tertiary/aromatic N) is 3. The molecule has 0 unspecified atom stereocenters. The van der Waals surface area contributed by atoms with Crippen LogP contribution in [0, 0.1) is 0 Å². The van der Waals surface area contributed by atoms with Gasteiger partial charge in [-0.05, 0) is 65.3 Å². The van der Waals surface area contributed by atoms with Crippen LogP contribution in [0.15, 0.2) is 77.2 Å². The molecule has 0 spiro atoms. The number of aryl methyl sites for hydroxylation is 2. The average molecular weight is 479 g/mol. The normalized spacial score (nSPS) is 16.7. The number of rotatable bonds is 5. The molecule has 180 valence electrons. The minimum Gasteiger partial charge on any atom is -0.459 e. The molecule has 2 aromatic carbocycles. The fraction of sp³-hybridized carbons (Fsp3) is 0.241. The molecule has 0 fully saturated rings. The van der Waals surface area contributed by atoms with E-state index in [1.54, 1.807) is 30.6 Å². The number of aromatic nitrogens is 2. The molecule has 0 saturated carbocycles. The molecule has 0 bridgehead atoms. The Morgan fingerprint density at radius 3 is 2.75 bits per heavy atom. The average Bonchev–Trinajstić information content (AvgIpc) is 3.54. The molecule has 7 nitrogen and oxygen atoms in total. The molecule has 3 heterocycles. The Labute approximate surface area is 208 Å². The molecule has 1 atom stereocenters. The predicted octanol–water partition coefficient (Wildman–Crippen LogP) is 3.98. The number of carbonyl (C=O) groups excluding carboxylic acids is 2. The van der Waals surface area contributed by atoms with Crippen molar-refractivity contribution >= 4 is 28.4 Å². The van der Waals surface area contributed by atoms with Gasteiger partial charge in [0.2, 0.25) is 5.91 Å². The van der Waals surface area contributed by atoms with Gasteiger partial charge in [-0.2, -0.15) is 0 Å². The summed E-state index contributed by atoms with van der Waals surface area (Å²) in [5.74, 6) is -0.0933. The number of amides is 2. The maximum atomic E-state index is 13.8. The van der Waals surface area contributed by atoms with Gasteiger partial charge in [-0.3, -0.25) is 19.6 Å². The number of likely N-dealkylation sites (N-methyl/N-ethyl adjacent to an activating group) is 1. The molecule has 1 aliphatic carbocycles. The van der Waals surface area contributed by atoms with Crippen LogP contribution in [0.1, 0.15) is 39.2 Å². The molecule has 1 N–H and O–H groups in total. The quantitative estimate of drug-likeness (QED) is 0.469. The Kier molecular flexibility index (Phi) is 5.60. The third kappa shape index (κ3) is 3.86. The van der Waals surface area contributed by atoms with E-state index >= 15 is 0 Å². The van der Waals surface area contributed by atoms with Crippen molar-refractivity contribution in [2.75, 3.05) is 13.6 Å². The van der Waals surface area contributed by atoms with Crippen molar-refractivity contribution in [3.63, 3.8) is 0 Å². The minimum atomic E-state index is -0.579. The van der Waals surface area contributed by atoms with Crippen LogP contribution in [0.3, 0.4) is 0 Å². The SMILES string of the molecule is CNC(=O)[C@H]1CC2=C(Cc3ccccc32)CN1C(=O)c1occc1CCc1ccc2nccnc2c1. The zero-order chi connectivity index (χ0) is 24.6. The largest absolute Gasteiger partial charge is 0.459 e. The summed E-state index contributed by atoms with van der Waals surface area (Å²) in [5, 5.41) is 2.75. The molecule has 0 saturated heterocycles. The zero-order valence-electron chi connectivity index (χ0n) is 20.0. The second kappa shape index (κ2) is 9.07. The number of nitrogens with one attached hydrogen (secondary N) is 1. The third-order valence-corrected chi connectivity index (χ3v) is 7.28. The number of fused-ring (bicyclic) bond motifs is 3. The molecule has 0 radical (unpaired) electrons. The van der Waals surface area contributed by atoms with Crippen LogP contribution in [0.5, 0.6) is 0 Å². The summed E-state index contributed by atoms with van der Waals surface area (Å²) in [6.45, 7) is 0.421. The van der Waals surface area contributed by atoms with Gasteiger partial charge in [-0.1, -0.05) is 30.3 Å². The van der Waals surface area contributed by atoms with Crippen molar-refractivity contribution in [2.45, 2.75) is 31.7 Å². The van der Waals surface area contributed by atoms with Crippen LogP contribution >= 0.6 is 0 Å². The van der Waals surface area contributed by atoms with E-state index in [1.165, 1.54) is 22.3 Å². The molecule has 7 heteroatoms. The number of benzene rings is 2. The molecular formula is C29H26N4O3. The number of carbonyl (C=O) groups is 2. The first kappa shape index (κ1) is 22.2. The minimum absolute atomic E-state index is 0.162. The van der Waals surface area contributed by atoms with Gasteiger partial charge in [-0.15, -0.1) is 0 Å². The first-order chi connectivity index (χ1) is 17.6. The second-order valence-electron chi connectivity index (χ2n) is 9.34. The monoisotopic (exact) mass is 478 g/mol. The fourth-order valence-corrected chi connectivity index (χ4v) is 5.43. The number of furan rings is 1. The van der Waals surface area contributed by atoms with Crippen molar-refractivity contribution in [2.24, 2.45) is 0 Å². The molecule has 4 aromatic rings. The van der Waals surface area contributed by atoms with Crippen LogP contribution in [-0.2, 0) is 24.1 Å². The molecule has 2 amide bonds. The van der Waals surface area contributed by atoms with Crippen LogP contribution in [0.2, 0.25) is 0 Å². The van der Waals surface area contributed by atoms with Crippen LogP contribution in [0.25, 0.3) is 16.6 Å². The molecular weight excluding hydrogens is 452 g/mol. The maximum Gasteiger partial charge on any atom is 0.290 e. The maximum absolute atomic E-state index is 13.8. The molecule has 6 rings (SSSR count). The van der Waals surface area contributed by atoms with Gasteiger partial charge >= 0.3 is 0 Å². The Balaban J connectivity index is 1.24. The molecule has 36 heavy (non-hydrogen) atoms. The Morgan fingerprint density at radius 2 is 1.89 bits per heavy atom. The highest BCUT2D eigenvalue weighted by molar-refractivity contribution is 5.99. The topological polar surface area (TPSA) is 88.3 Å². The van der Waals surface area contributed by atoms with Gasteiger partial charge in [0, 0.05) is 38.0 Å².